The largest absolute Gasteiger partial charge is 0.344 e. The number of hydrogen-bond acceptors (Lipinski definition) is 4. The molecule has 1 unspecified atom stereocenters. The van der Waals surface area contributed by atoms with Gasteiger partial charge in [0.15, 0.2) is 0 Å². The number of benzene rings is 2. The van der Waals surface area contributed by atoms with E-state index in [0.717, 1.165) is 11.6 Å². The molecule has 2 amide bonds. The van der Waals surface area contributed by atoms with E-state index in [1.165, 1.54) is 16.4 Å². The highest BCUT2D eigenvalue weighted by atomic mass is 35.5. The van der Waals surface area contributed by atoms with E-state index in [9.17, 15) is 22.4 Å². The number of halogens is 2. The number of hydrogen-bond donors (Lipinski definition) is 2. The number of rotatable bonds is 7. The number of piperidine rings is 1. The third kappa shape index (κ3) is 6.14. The lowest BCUT2D eigenvalue weighted by Gasteiger charge is -2.32. The number of carbonyl (C=O) groups excluding carboxylic acids is 2. The summed E-state index contributed by atoms with van der Waals surface area (Å²) in [6.07, 6.45) is 0.716. The van der Waals surface area contributed by atoms with Crippen molar-refractivity contribution >= 4 is 39.1 Å². The van der Waals surface area contributed by atoms with Gasteiger partial charge in [-0.25, -0.2) is 12.8 Å². The van der Waals surface area contributed by atoms with E-state index in [2.05, 4.69) is 10.6 Å². The van der Waals surface area contributed by atoms with Crippen LogP contribution in [0.1, 0.15) is 32.3 Å². The molecule has 184 valence electrons. The van der Waals surface area contributed by atoms with E-state index >= 15 is 0 Å². The Bertz CT molecular complexity index is 1150. The molecule has 34 heavy (non-hydrogen) atoms. The Morgan fingerprint density at radius 1 is 1.09 bits per heavy atom. The van der Waals surface area contributed by atoms with Gasteiger partial charge in [-0.15, -0.1) is 0 Å². The topological polar surface area (TPSA) is 95.6 Å². The molecule has 1 saturated heterocycles. The van der Waals surface area contributed by atoms with Gasteiger partial charge in [0.2, 0.25) is 21.8 Å². The van der Waals surface area contributed by atoms with E-state index in [1.807, 2.05) is 6.92 Å². The van der Waals surface area contributed by atoms with Crippen LogP contribution in [0, 0.1) is 24.6 Å². The van der Waals surface area contributed by atoms with E-state index < -0.39 is 33.7 Å². The molecule has 1 fully saturated rings. The molecule has 1 aliphatic heterocycles. The van der Waals surface area contributed by atoms with E-state index in [0.29, 0.717) is 18.5 Å². The Labute approximate surface area is 204 Å². The first-order valence-electron chi connectivity index (χ1n) is 11.1. The fourth-order valence-corrected chi connectivity index (χ4v) is 5.47. The minimum atomic E-state index is -3.62. The van der Waals surface area contributed by atoms with Gasteiger partial charge < -0.3 is 10.6 Å². The van der Waals surface area contributed by atoms with Gasteiger partial charge in [-0.05, 0) is 56.0 Å². The van der Waals surface area contributed by atoms with Crippen LogP contribution < -0.4 is 10.6 Å². The van der Waals surface area contributed by atoms with Crippen molar-refractivity contribution in [1.29, 1.82) is 0 Å². The minimum absolute atomic E-state index is 0.115. The van der Waals surface area contributed by atoms with Crippen LogP contribution in [-0.4, -0.2) is 43.7 Å². The molecule has 2 N–H and O–H groups in total. The molecule has 1 heterocycles. The van der Waals surface area contributed by atoms with Gasteiger partial charge in [0.05, 0.1) is 9.92 Å². The summed E-state index contributed by atoms with van der Waals surface area (Å²) in [4.78, 5) is 25.9. The number of sulfonamides is 1. The van der Waals surface area contributed by atoms with Gasteiger partial charge in [-0.1, -0.05) is 43.1 Å². The molecule has 0 saturated carbocycles. The predicted molar refractivity (Wildman–Crippen MR) is 129 cm³/mol. The highest BCUT2D eigenvalue weighted by Gasteiger charge is 2.34. The predicted octanol–water partition coefficient (Wildman–Crippen LogP) is 3.97. The summed E-state index contributed by atoms with van der Waals surface area (Å²) >= 11 is 5.77. The Kier molecular flexibility index (Phi) is 8.33. The summed E-state index contributed by atoms with van der Waals surface area (Å²) in [5, 5.41) is 5.34. The van der Waals surface area contributed by atoms with Gasteiger partial charge in [0, 0.05) is 24.7 Å². The number of nitrogens with zero attached hydrogens (tertiary/aromatic N) is 1. The maximum Gasteiger partial charge on any atom is 0.247 e. The van der Waals surface area contributed by atoms with Crippen LogP contribution in [0.25, 0.3) is 0 Å². The standard InChI is InChI=1S/C24H29ClFN3O4S/c1-15(2)22(24(31)27-18-6-9-21(26)20(25)14-18)28-23(30)17-10-12-29(13-11-17)34(32,33)19-7-4-16(3)5-8-19/h4-9,14-15,17,22H,10-13H2,1-3H3,(H,27,31)(H,28,30). The lowest BCUT2D eigenvalue weighted by atomic mass is 9.95. The van der Waals surface area contributed by atoms with Gasteiger partial charge in [-0.3, -0.25) is 9.59 Å². The molecule has 0 radical (unpaired) electrons. The quantitative estimate of drug-likeness (QED) is 0.590. The first kappa shape index (κ1) is 26.1. The van der Waals surface area contributed by atoms with Gasteiger partial charge in [0.25, 0.3) is 0 Å². The van der Waals surface area contributed by atoms with Crippen LogP contribution in [-0.2, 0) is 19.6 Å². The lowest BCUT2D eigenvalue weighted by Crippen LogP contribution is -2.50. The highest BCUT2D eigenvalue weighted by Crippen LogP contribution is 2.25. The first-order chi connectivity index (χ1) is 16.0. The molecular formula is C24H29ClFN3O4S. The fourth-order valence-electron chi connectivity index (χ4n) is 3.82. The van der Waals surface area contributed by atoms with Crippen molar-refractivity contribution in [1.82, 2.24) is 9.62 Å². The van der Waals surface area contributed by atoms with E-state index in [1.54, 1.807) is 38.1 Å². The highest BCUT2D eigenvalue weighted by molar-refractivity contribution is 7.89. The molecule has 3 rings (SSSR count). The molecule has 10 heteroatoms. The molecule has 1 atom stereocenters. The molecule has 0 aromatic heterocycles. The number of nitrogens with one attached hydrogen (secondary N) is 2. The normalized spacial score (nSPS) is 16.3. The maximum atomic E-state index is 13.4. The second-order valence-corrected chi connectivity index (χ2v) is 11.2. The maximum absolute atomic E-state index is 13.4. The Hall–Kier alpha value is -2.49. The van der Waals surface area contributed by atoms with Crippen LogP contribution in [0.5, 0.6) is 0 Å². The second kappa shape index (κ2) is 10.8. The summed E-state index contributed by atoms with van der Waals surface area (Å²) in [6, 6.07) is 9.72. The molecule has 0 aliphatic carbocycles. The Morgan fingerprint density at radius 2 is 1.71 bits per heavy atom. The number of amides is 2. The minimum Gasteiger partial charge on any atom is -0.344 e. The molecule has 0 spiro atoms. The van der Waals surface area contributed by atoms with E-state index in [-0.39, 0.29) is 34.8 Å². The second-order valence-electron chi connectivity index (χ2n) is 8.84. The summed E-state index contributed by atoms with van der Waals surface area (Å²) in [7, 11) is -3.62. The third-order valence-corrected chi connectivity index (χ3v) is 8.12. The van der Waals surface area contributed by atoms with Gasteiger partial charge in [0.1, 0.15) is 11.9 Å². The van der Waals surface area contributed by atoms with Crippen molar-refractivity contribution in [3.63, 3.8) is 0 Å². The molecule has 7 nitrogen and oxygen atoms in total. The molecular weight excluding hydrogens is 481 g/mol. The lowest BCUT2D eigenvalue weighted by molar-refractivity contribution is -0.130. The van der Waals surface area contributed by atoms with Gasteiger partial charge >= 0.3 is 0 Å². The van der Waals surface area contributed by atoms with Gasteiger partial charge in [-0.2, -0.15) is 4.31 Å². The number of carbonyl (C=O) groups is 2. The third-order valence-electron chi connectivity index (χ3n) is 5.92. The zero-order valence-electron chi connectivity index (χ0n) is 19.3. The average molecular weight is 510 g/mol. The smallest absolute Gasteiger partial charge is 0.247 e. The van der Waals surface area contributed by atoms with Crippen molar-refractivity contribution < 1.29 is 22.4 Å². The summed E-state index contributed by atoms with van der Waals surface area (Å²) in [5.41, 5.74) is 1.30. The van der Waals surface area contributed by atoms with Crippen molar-refractivity contribution in [3.8, 4) is 0 Å². The van der Waals surface area contributed by atoms with Crippen molar-refractivity contribution in [2.24, 2.45) is 11.8 Å². The average Bonchev–Trinajstić information content (AvgIpc) is 2.79. The van der Waals surface area contributed by atoms with Crippen LogP contribution in [0.2, 0.25) is 5.02 Å². The summed E-state index contributed by atoms with van der Waals surface area (Å²) in [5.74, 6) is -1.94. The van der Waals surface area contributed by atoms with Crippen LogP contribution >= 0.6 is 11.6 Å². The van der Waals surface area contributed by atoms with Crippen molar-refractivity contribution in [2.75, 3.05) is 18.4 Å². The van der Waals surface area contributed by atoms with Crippen molar-refractivity contribution in [2.45, 2.75) is 44.6 Å². The van der Waals surface area contributed by atoms with Crippen LogP contribution in [0.3, 0.4) is 0 Å². The number of anilines is 1. The molecule has 0 bridgehead atoms. The Balaban J connectivity index is 1.60. The monoisotopic (exact) mass is 509 g/mol. The molecule has 1 aliphatic rings. The zero-order chi connectivity index (χ0) is 25.0. The van der Waals surface area contributed by atoms with Crippen molar-refractivity contribution in [3.05, 3.63) is 58.9 Å². The molecule has 2 aromatic rings. The van der Waals surface area contributed by atoms with Crippen LogP contribution in [0.15, 0.2) is 47.4 Å². The summed E-state index contributed by atoms with van der Waals surface area (Å²) < 4.78 is 40.5. The summed E-state index contributed by atoms with van der Waals surface area (Å²) in [6.45, 7) is 5.94. The Morgan fingerprint density at radius 3 is 2.26 bits per heavy atom. The fraction of sp³-hybridized carbons (Fsp3) is 0.417. The van der Waals surface area contributed by atoms with Crippen LogP contribution in [0.4, 0.5) is 10.1 Å². The first-order valence-corrected chi connectivity index (χ1v) is 12.9. The van der Waals surface area contributed by atoms with E-state index in [4.69, 9.17) is 11.6 Å². The number of aryl methyl sites for hydroxylation is 1. The zero-order valence-corrected chi connectivity index (χ0v) is 20.9. The SMILES string of the molecule is Cc1ccc(S(=O)(=O)N2CCC(C(=O)NC(C(=O)Nc3ccc(F)c(Cl)c3)C(C)C)CC2)cc1. The molecule has 2 aromatic carbocycles.